The molecule has 0 N–H and O–H groups in total. The van der Waals surface area contributed by atoms with E-state index in [1.807, 2.05) is 6.92 Å². The van der Waals surface area contributed by atoms with Crippen molar-refractivity contribution >= 4 is 17.7 Å². The van der Waals surface area contributed by atoms with Crippen molar-refractivity contribution in [1.29, 1.82) is 0 Å². The van der Waals surface area contributed by atoms with Crippen molar-refractivity contribution in [1.82, 2.24) is 14.7 Å². The van der Waals surface area contributed by atoms with E-state index in [9.17, 15) is 23.2 Å². The number of likely N-dealkylation sites (tertiary alicyclic amines) is 1. The summed E-state index contributed by atoms with van der Waals surface area (Å²) in [6, 6.07) is 9.73. The SMILES string of the molecule is CCN(C)C(=O)C1COC2(CCN(C(=O)c3ccc(F)cc3)CC2)N1C(=O)c1ccc(F)cc1. The van der Waals surface area contributed by atoms with Crippen molar-refractivity contribution in [3.8, 4) is 0 Å². The third kappa shape index (κ3) is 4.40. The minimum absolute atomic E-state index is 0.0437. The normalized spacial score (nSPS) is 19.4. The van der Waals surface area contributed by atoms with E-state index in [0.717, 1.165) is 0 Å². The standard InChI is InChI=1S/C25H27F2N3O4/c1-3-28(2)24(33)21-16-34-25(30(21)23(32)18-6-10-20(27)11-7-18)12-14-29(15-13-25)22(31)17-4-8-19(26)9-5-17/h4-11,21H,3,12-16H2,1-2H3. The fourth-order valence-corrected chi connectivity index (χ4v) is 4.53. The molecule has 180 valence electrons. The van der Waals surface area contributed by atoms with Crippen molar-refractivity contribution in [2.75, 3.05) is 33.3 Å². The summed E-state index contributed by atoms with van der Waals surface area (Å²) in [6.07, 6.45) is 0.624. The van der Waals surface area contributed by atoms with Crippen LogP contribution in [-0.2, 0) is 9.53 Å². The molecule has 4 rings (SSSR count). The Morgan fingerprint density at radius 1 is 0.941 bits per heavy atom. The maximum atomic E-state index is 13.6. The van der Waals surface area contributed by atoms with Crippen LogP contribution in [0.5, 0.6) is 0 Å². The van der Waals surface area contributed by atoms with Gasteiger partial charge in [-0.05, 0) is 55.5 Å². The molecule has 0 saturated carbocycles. The van der Waals surface area contributed by atoms with Crippen molar-refractivity contribution in [3.63, 3.8) is 0 Å². The van der Waals surface area contributed by atoms with E-state index in [-0.39, 0.29) is 24.0 Å². The van der Waals surface area contributed by atoms with Crippen molar-refractivity contribution in [2.24, 2.45) is 0 Å². The minimum Gasteiger partial charge on any atom is -0.353 e. The Hall–Kier alpha value is -3.33. The average Bonchev–Trinajstić information content (AvgIpc) is 3.22. The van der Waals surface area contributed by atoms with Crippen LogP contribution in [-0.4, -0.2) is 77.5 Å². The zero-order valence-electron chi connectivity index (χ0n) is 19.2. The predicted octanol–water partition coefficient (Wildman–Crippen LogP) is 2.92. The van der Waals surface area contributed by atoms with Gasteiger partial charge in [-0.3, -0.25) is 19.3 Å². The lowest BCUT2D eigenvalue weighted by Gasteiger charge is -2.44. The Morgan fingerprint density at radius 3 is 1.94 bits per heavy atom. The van der Waals surface area contributed by atoms with Gasteiger partial charge in [0.05, 0.1) is 6.61 Å². The molecule has 0 radical (unpaired) electrons. The number of halogens is 2. The molecule has 2 heterocycles. The monoisotopic (exact) mass is 471 g/mol. The summed E-state index contributed by atoms with van der Waals surface area (Å²) in [5.41, 5.74) is -0.422. The number of piperidine rings is 1. The number of rotatable bonds is 4. The number of hydrogen-bond donors (Lipinski definition) is 0. The Balaban J connectivity index is 1.58. The highest BCUT2D eigenvalue weighted by Gasteiger charge is 2.54. The van der Waals surface area contributed by atoms with Gasteiger partial charge in [0.25, 0.3) is 11.8 Å². The number of benzene rings is 2. The van der Waals surface area contributed by atoms with E-state index >= 15 is 0 Å². The quantitative estimate of drug-likeness (QED) is 0.688. The van der Waals surface area contributed by atoms with Gasteiger partial charge in [-0.15, -0.1) is 0 Å². The van der Waals surface area contributed by atoms with Gasteiger partial charge >= 0.3 is 0 Å². The molecule has 2 saturated heterocycles. The van der Waals surface area contributed by atoms with Crippen molar-refractivity contribution in [3.05, 3.63) is 71.3 Å². The van der Waals surface area contributed by atoms with Crippen LogP contribution in [0.15, 0.2) is 48.5 Å². The van der Waals surface area contributed by atoms with Gasteiger partial charge in [-0.25, -0.2) is 8.78 Å². The summed E-state index contributed by atoms with van der Waals surface area (Å²) in [5.74, 6) is -1.77. The lowest BCUT2D eigenvalue weighted by atomic mass is 9.96. The summed E-state index contributed by atoms with van der Waals surface area (Å²) in [4.78, 5) is 44.2. The van der Waals surface area contributed by atoms with Gasteiger partial charge in [-0.1, -0.05) is 0 Å². The second kappa shape index (κ2) is 9.50. The van der Waals surface area contributed by atoms with Crippen LogP contribution in [0.25, 0.3) is 0 Å². The van der Waals surface area contributed by atoms with Gasteiger partial charge in [-0.2, -0.15) is 0 Å². The van der Waals surface area contributed by atoms with E-state index < -0.39 is 29.3 Å². The molecule has 0 aromatic heterocycles. The van der Waals surface area contributed by atoms with E-state index in [2.05, 4.69) is 0 Å². The highest BCUT2D eigenvalue weighted by Crippen LogP contribution is 2.39. The van der Waals surface area contributed by atoms with Crippen LogP contribution in [0, 0.1) is 11.6 Å². The zero-order valence-corrected chi connectivity index (χ0v) is 19.2. The first-order chi connectivity index (χ1) is 16.3. The van der Waals surface area contributed by atoms with Crippen LogP contribution < -0.4 is 0 Å². The number of hydrogen-bond acceptors (Lipinski definition) is 4. The van der Waals surface area contributed by atoms with Crippen LogP contribution in [0.4, 0.5) is 8.78 Å². The van der Waals surface area contributed by atoms with E-state index in [1.165, 1.54) is 58.3 Å². The molecule has 2 aliphatic rings. The molecule has 9 heteroatoms. The van der Waals surface area contributed by atoms with E-state index in [1.54, 1.807) is 11.9 Å². The highest BCUT2D eigenvalue weighted by atomic mass is 19.1. The first-order valence-electron chi connectivity index (χ1n) is 11.3. The minimum atomic E-state index is -1.06. The summed E-state index contributed by atoms with van der Waals surface area (Å²) >= 11 is 0. The van der Waals surface area contributed by atoms with Crippen molar-refractivity contribution < 1.29 is 27.9 Å². The third-order valence-electron chi connectivity index (χ3n) is 6.63. The highest BCUT2D eigenvalue weighted by molar-refractivity contribution is 5.98. The molecule has 0 bridgehead atoms. The molecule has 1 unspecified atom stereocenters. The second-order valence-electron chi connectivity index (χ2n) is 8.61. The molecule has 7 nitrogen and oxygen atoms in total. The van der Waals surface area contributed by atoms with Crippen LogP contribution >= 0.6 is 0 Å². The van der Waals surface area contributed by atoms with Gasteiger partial charge in [0.1, 0.15) is 23.4 Å². The third-order valence-corrected chi connectivity index (χ3v) is 6.63. The number of ether oxygens (including phenoxy) is 1. The van der Waals surface area contributed by atoms with Crippen LogP contribution in [0.1, 0.15) is 40.5 Å². The molecular formula is C25H27F2N3O4. The Labute approximate surface area is 196 Å². The molecule has 2 aromatic carbocycles. The Bertz CT molecular complexity index is 1070. The number of likely N-dealkylation sites (N-methyl/N-ethyl adjacent to an activating group) is 1. The van der Waals surface area contributed by atoms with Gasteiger partial charge in [0, 0.05) is 50.7 Å². The van der Waals surface area contributed by atoms with Crippen molar-refractivity contribution in [2.45, 2.75) is 31.5 Å². The molecule has 2 aromatic rings. The number of nitrogens with zero attached hydrogens (tertiary/aromatic N) is 3. The Kier molecular flexibility index (Phi) is 6.65. The fraction of sp³-hybridized carbons (Fsp3) is 0.400. The fourth-order valence-electron chi connectivity index (χ4n) is 4.53. The van der Waals surface area contributed by atoms with Gasteiger partial charge < -0.3 is 14.5 Å². The lowest BCUT2D eigenvalue weighted by Crippen LogP contribution is -2.59. The largest absolute Gasteiger partial charge is 0.353 e. The first-order valence-corrected chi connectivity index (χ1v) is 11.3. The molecule has 3 amide bonds. The topological polar surface area (TPSA) is 70.2 Å². The molecule has 0 aliphatic carbocycles. The molecule has 2 aliphatic heterocycles. The number of carbonyl (C=O) groups is 3. The molecule has 2 fully saturated rings. The Morgan fingerprint density at radius 2 is 1.44 bits per heavy atom. The van der Waals surface area contributed by atoms with E-state index in [4.69, 9.17) is 4.74 Å². The lowest BCUT2D eigenvalue weighted by molar-refractivity contribution is -0.136. The molecule has 1 atom stereocenters. The average molecular weight is 472 g/mol. The predicted molar refractivity (Wildman–Crippen MR) is 120 cm³/mol. The number of carbonyl (C=O) groups excluding carboxylic acids is 3. The number of amides is 3. The maximum absolute atomic E-state index is 13.6. The smallest absolute Gasteiger partial charge is 0.256 e. The van der Waals surface area contributed by atoms with Gasteiger partial charge in [0.15, 0.2) is 0 Å². The summed E-state index contributed by atoms with van der Waals surface area (Å²) in [5, 5.41) is 0. The zero-order chi connectivity index (χ0) is 24.5. The second-order valence-corrected chi connectivity index (χ2v) is 8.61. The molecule has 34 heavy (non-hydrogen) atoms. The summed E-state index contributed by atoms with van der Waals surface area (Å²) in [6.45, 7) is 2.96. The van der Waals surface area contributed by atoms with Gasteiger partial charge in [0.2, 0.25) is 5.91 Å². The van der Waals surface area contributed by atoms with Crippen LogP contribution in [0.2, 0.25) is 0 Å². The maximum Gasteiger partial charge on any atom is 0.256 e. The molecule has 1 spiro atoms. The van der Waals surface area contributed by atoms with Crippen LogP contribution in [0.3, 0.4) is 0 Å². The summed E-state index contributed by atoms with van der Waals surface area (Å²) < 4.78 is 32.8. The molecular weight excluding hydrogens is 444 g/mol. The first kappa shape index (κ1) is 23.8. The summed E-state index contributed by atoms with van der Waals surface area (Å²) in [7, 11) is 1.66. The van der Waals surface area contributed by atoms with E-state index in [0.29, 0.717) is 38.0 Å².